The van der Waals surface area contributed by atoms with E-state index in [1.165, 1.54) is 7.11 Å². The number of hydrogen-bond acceptors (Lipinski definition) is 10. The SMILES string of the molecule is CO/N=C(\C)c1cc(N(C)C)c2c(c1O)C(=O)C1=C(O)[C@]3(O)C(=O)C(C(N)=O)=C(O)C[C@@H]3C[C@@H]1C2. The zero-order valence-electron chi connectivity index (χ0n) is 19.7. The molecule has 0 spiro atoms. The standard InChI is InChI=1S/C24H27N3O8/c1-9(26-35-4)12-8-14(27(2)3)13-6-10-5-11-7-15(28)18(23(25)33)22(32)24(11,34)21(31)16(10)20(30)17(13)19(12)29/h8,10-11,28-29,31,34H,5-7H2,1-4H3,(H2,25,33)/b26-9+/t10-,11+,24+/m1/s1. The quantitative estimate of drug-likeness (QED) is 0.236. The summed E-state index contributed by atoms with van der Waals surface area (Å²) in [5.74, 6) is -6.64. The normalized spacial score (nSPS) is 26.3. The fourth-order valence-corrected chi connectivity index (χ4v) is 5.53. The molecule has 0 radical (unpaired) electrons. The number of anilines is 1. The molecule has 6 N–H and O–H groups in total. The van der Waals surface area contributed by atoms with Gasteiger partial charge in [-0.1, -0.05) is 5.16 Å². The molecule has 1 amide bonds. The Balaban J connectivity index is 1.96. The molecule has 0 saturated heterocycles. The third-order valence-corrected chi connectivity index (χ3v) is 7.14. The van der Waals surface area contributed by atoms with Crippen LogP contribution in [0.2, 0.25) is 0 Å². The lowest BCUT2D eigenvalue weighted by Crippen LogP contribution is -2.57. The van der Waals surface area contributed by atoms with Gasteiger partial charge in [-0.05, 0) is 37.3 Å². The van der Waals surface area contributed by atoms with Gasteiger partial charge >= 0.3 is 0 Å². The van der Waals surface area contributed by atoms with E-state index in [1.54, 1.807) is 32.0 Å². The van der Waals surface area contributed by atoms with Crippen molar-refractivity contribution in [2.75, 3.05) is 26.1 Å². The van der Waals surface area contributed by atoms with E-state index in [-0.39, 0.29) is 41.7 Å². The molecule has 3 aliphatic rings. The van der Waals surface area contributed by atoms with Crippen LogP contribution in [0.1, 0.15) is 41.3 Å². The van der Waals surface area contributed by atoms with Crippen molar-refractivity contribution in [1.82, 2.24) is 0 Å². The van der Waals surface area contributed by atoms with E-state index in [0.29, 0.717) is 17.0 Å². The number of allylic oxidation sites excluding steroid dienone is 2. The van der Waals surface area contributed by atoms with Crippen LogP contribution < -0.4 is 10.6 Å². The van der Waals surface area contributed by atoms with Crippen molar-refractivity contribution in [3.63, 3.8) is 0 Å². The van der Waals surface area contributed by atoms with Crippen molar-refractivity contribution in [3.8, 4) is 5.75 Å². The molecule has 0 fully saturated rings. The first kappa shape index (κ1) is 24.3. The number of amides is 1. The van der Waals surface area contributed by atoms with Gasteiger partial charge in [0.15, 0.2) is 11.4 Å². The molecule has 3 aliphatic carbocycles. The predicted molar refractivity (Wildman–Crippen MR) is 124 cm³/mol. The molecule has 1 aromatic carbocycles. The van der Waals surface area contributed by atoms with Crippen molar-refractivity contribution < 1.29 is 39.6 Å². The van der Waals surface area contributed by atoms with Crippen molar-refractivity contribution in [2.45, 2.75) is 31.8 Å². The van der Waals surface area contributed by atoms with Gasteiger partial charge in [0, 0.05) is 43.3 Å². The Morgan fingerprint density at radius 2 is 1.89 bits per heavy atom. The fourth-order valence-electron chi connectivity index (χ4n) is 5.53. The van der Waals surface area contributed by atoms with E-state index in [9.17, 15) is 34.8 Å². The van der Waals surface area contributed by atoms with E-state index < -0.39 is 52.0 Å². The Hall–Kier alpha value is -3.86. The molecule has 4 rings (SSSR count). The Morgan fingerprint density at radius 3 is 2.46 bits per heavy atom. The van der Waals surface area contributed by atoms with Gasteiger partial charge in [0.05, 0.1) is 11.3 Å². The summed E-state index contributed by atoms with van der Waals surface area (Å²) in [5, 5.41) is 47.6. The maximum Gasteiger partial charge on any atom is 0.255 e. The number of primary amides is 1. The van der Waals surface area contributed by atoms with Crippen LogP contribution in [0, 0.1) is 11.8 Å². The molecule has 11 nitrogen and oxygen atoms in total. The van der Waals surface area contributed by atoms with Crippen LogP contribution >= 0.6 is 0 Å². The number of phenols is 1. The largest absolute Gasteiger partial charge is 0.511 e. The van der Waals surface area contributed by atoms with E-state index >= 15 is 0 Å². The first-order valence-electron chi connectivity index (χ1n) is 11.0. The summed E-state index contributed by atoms with van der Waals surface area (Å²) in [5.41, 5.74) is 3.26. The number of nitrogens with two attached hydrogens (primary N) is 1. The van der Waals surface area contributed by atoms with E-state index in [2.05, 4.69) is 5.16 Å². The lowest BCUT2D eigenvalue weighted by Gasteiger charge is -2.46. The van der Waals surface area contributed by atoms with Crippen LogP contribution in [0.5, 0.6) is 5.75 Å². The predicted octanol–water partition coefficient (Wildman–Crippen LogP) is 1.02. The smallest absolute Gasteiger partial charge is 0.255 e. The summed E-state index contributed by atoms with van der Waals surface area (Å²) in [4.78, 5) is 45.1. The second kappa shape index (κ2) is 8.12. The Bertz CT molecular complexity index is 1280. The summed E-state index contributed by atoms with van der Waals surface area (Å²) in [6, 6.07) is 1.69. The summed E-state index contributed by atoms with van der Waals surface area (Å²) in [6.45, 7) is 1.59. The zero-order chi connectivity index (χ0) is 26.0. The van der Waals surface area contributed by atoms with Gasteiger partial charge in [-0.15, -0.1) is 0 Å². The van der Waals surface area contributed by atoms with Gasteiger partial charge in [0.2, 0.25) is 5.78 Å². The number of aliphatic hydroxyl groups is 3. The number of aromatic hydroxyl groups is 1. The van der Waals surface area contributed by atoms with Gasteiger partial charge < -0.3 is 35.9 Å². The highest BCUT2D eigenvalue weighted by Crippen LogP contribution is 2.52. The lowest BCUT2D eigenvalue weighted by atomic mass is 9.60. The first-order valence-corrected chi connectivity index (χ1v) is 11.0. The number of oxime groups is 1. The summed E-state index contributed by atoms with van der Waals surface area (Å²) in [6.07, 6.45) is 0.0193. The van der Waals surface area contributed by atoms with Crippen LogP contribution in [-0.2, 0) is 20.8 Å². The van der Waals surface area contributed by atoms with Crippen LogP contribution in [0.4, 0.5) is 5.69 Å². The average Bonchev–Trinajstić information content (AvgIpc) is 2.76. The van der Waals surface area contributed by atoms with Crippen LogP contribution in [-0.4, -0.2) is 70.4 Å². The number of fused-ring (bicyclic) bond motifs is 3. The Morgan fingerprint density at radius 1 is 1.23 bits per heavy atom. The molecule has 0 aliphatic heterocycles. The lowest BCUT2D eigenvalue weighted by molar-refractivity contribution is -0.144. The van der Waals surface area contributed by atoms with Gasteiger partial charge in [-0.3, -0.25) is 14.4 Å². The second-order valence-corrected chi connectivity index (χ2v) is 9.31. The minimum absolute atomic E-state index is 0.0719. The molecule has 11 heteroatoms. The minimum Gasteiger partial charge on any atom is -0.511 e. The first-order chi connectivity index (χ1) is 16.4. The molecule has 186 valence electrons. The van der Waals surface area contributed by atoms with Crippen LogP contribution in [0.3, 0.4) is 0 Å². The second-order valence-electron chi connectivity index (χ2n) is 9.31. The Labute approximate surface area is 200 Å². The number of carbonyl (C=O) groups is 3. The molecule has 0 saturated carbocycles. The van der Waals surface area contributed by atoms with Crippen molar-refractivity contribution in [3.05, 3.63) is 45.4 Å². The van der Waals surface area contributed by atoms with Crippen molar-refractivity contribution >= 4 is 28.9 Å². The number of phenolic OH excluding ortho intramolecular Hbond substituents is 1. The molecule has 0 unspecified atom stereocenters. The topological polar surface area (TPSA) is 183 Å². The van der Waals surface area contributed by atoms with Gasteiger partial charge in [0.1, 0.15) is 30.0 Å². The molecular weight excluding hydrogens is 458 g/mol. The van der Waals surface area contributed by atoms with Crippen molar-refractivity contribution in [1.29, 1.82) is 0 Å². The maximum atomic E-state index is 13.7. The van der Waals surface area contributed by atoms with Gasteiger partial charge in [0.25, 0.3) is 5.91 Å². The van der Waals surface area contributed by atoms with Gasteiger partial charge in [-0.2, -0.15) is 0 Å². The average molecular weight is 485 g/mol. The zero-order valence-corrected chi connectivity index (χ0v) is 19.7. The Kier molecular flexibility index (Phi) is 5.63. The summed E-state index contributed by atoms with van der Waals surface area (Å²) >= 11 is 0. The van der Waals surface area contributed by atoms with Crippen molar-refractivity contribution in [2.24, 2.45) is 22.7 Å². The van der Waals surface area contributed by atoms with E-state index in [0.717, 1.165) is 0 Å². The van der Waals surface area contributed by atoms with E-state index in [4.69, 9.17) is 10.6 Å². The number of hydrogen-bond donors (Lipinski definition) is 5. The number of aliphatic hydroxyl groups excluding tert-OH is 2. The fraction of sp³-hybridized carbons (Fsp3) is 0.417. The third kappa shape index (κ3) is 3.29. The summed E-state index contributed by atoms with van der Waals surface area (Å²) < 4.78 is 0. The molecule has 1 aromatic rings. The molecule has 0 heterocycles. The highest BCUT2D eigenvalue weighted by Gasteiger charge is 2.59. The highest BCUT2D eigenvalue weighted by molar-refractivity contribution is 6.24. The van der Waals surface area contributed by atoms with Crippen LogP contribution in [0.25, 0.3) is 0 Å². The number of Topliss-reactive ketones (excluding diaryl/α,β-unsaturated/α-hetero) is 2. The maximum absolute atomic E-state index is 13.7. The number of nitrogens with zero attached hydrogens (tertiary/aromatic N) is 2. The van der Waals surface area contributed by atoms with Crippen LogP contribution in [0.15, 0.2) is 33.9 Å². The molecule has 0 bridgehead atoms. The highest BCUT2D eigenvalue weighted by atomic mass is 16.6. The number of ketones is 2. The van der Waals surface area contributed by atoms with E-state index in [1.807, 2.05) is 0 Å². The van der Waals surface area contributed by atoms with Gasteiger partial charge in [-0.25, -0.2) is 0 Å². The molecule has 0 aromatic heterocycles. The number of rotatable bonds is 4. The molecular formula is C24H27N3O8. The number of carbonyl (C=O) groups excluding carboxylic acids is 3. The summed E-state index contributed by atoms with van der Waals surface area (Å²) in [7, 11) is 4.90. The molecule has 3 atom stereocenters. The molecule has 35 heavy (non-hydrogen) atoms. The minimum atomic E-state index is -2.60. The number of benzene rings is 1. The third-order valence-electron chi connectivity index (χ3n) is 7.14. The monoisotopic (exact) mass is 485 g/mol.